The predicted octanol–water partition coefficient (Wildman–Crippen LogP) is 3.03. The second kappa shape index (κ2) is 2.32. The van der Waals surface area contributed by atoms with Crippen LogP contribution in [0.25, 0.3) is 0 Å². The highest BCUT2D eigenvalue weighted by molar-refractivity contribution is 4.95. The Balaban J connectivity index is 4.75. The van der Waals surface area contributed by atoms with Crippen LogP contribution in [0.5, 0.6) is 0 Å². The summed E-state index contributed by atoms with van der Waals surface area (Å²) in [6, 6.07) is 0. The molecule has 0 aromatic carbocycles. The third kappa shape index (κ3) is 1.81. The molecule has 0 rings (SSSR count). The molecule has 5 heteroatoms. The Kier molecular flexibility index (Phi) is 2.24. The van der Waals surface area contributed by atoms with Crippen molar-refractivity contribution in [3.63, 3.8) is 0 Å². The molecule has 0 spiro atoms. The van der Waals surface area contributed by atoms with Crippen LogP contribution in [0, 0.1) is 0 Å². The van der Waals surface area contributed by atoms with Gasteiger partial charge >= 0.3 is 0 Å². The van der Waals surface area contributed by atoms with Gasteiger partial charge in [-0.1, -0.05) is 0 Å². The molecule has 0 saturated carbocycles. The van der Waals surface area contributed by atoms with E-state index in [2.05, 4.69) is 0 Å². The Morgan fingerprint density at radius 2 is 0.818 bits per heavy atom. The fraction of sp³-hybridized carbons (Fsp3) is 1.00. The minimum atomic E-state index is -4.04. The highest BCUT2D eigenvalue weighted by atomic mass is 19.3. The Labute approximate surface area is 61.4 Å². The lowest BCUT2D eigenvalue weighted by Gasteiger charge is -2.32. The molecule has 0 bridgehead atoms. The van der Waals surface area contributed by atoms with Gasteiger partial charge in [0.2, 0.25) is 5.67 Å². The van der Waals surface area contributed by atoms with Crippen LogP contribution in [0.1, 0.15) is 20.8 Å². The van der Waals surface area contributed by atoms with E-state index >= 15 is 0 Å². The first-order chi connectivity index (χ1) is 4.50. The highest BCUT2D eigenvalue weighted by Crippen LogP contribution is 2.43. The lowest BCUT2D eigenvalue weighted by Crippen LogP contribution is -2.51. The van der Waals surface area contributed by atoms with Crippen LogP contribution in [0.2, 0.25) is 0 Å². The first kappa shape index (κ1) is 10.7. The van der Waals surface area contributed by atoms with E-state index in [1.54, 1.807) is 0 Å². The number of hydrogen-bond donors (Lipinski definition) is 0. The third-order valence-corrected chi connectivity index (χ3v) is 1.65. The minimum Gasteiger partial charge on any atom is -0.231 e. The van der Waals surface area contributed by atoms with Gasteiger partial charge in [-0.3, -0.25) is 0 Å². The zero-order valence-electron chi connectivity index (χ0n) is 6.39. The standard InChI is InChI=1S/C6H9F5/c1-4(7,5(2,8)9)6(3,10)11/h1-3H3. The second-order valence-electron chi connectivity index (χ2n) is 2.78. The van der Waals surface area contributed by atoms with Gasteiger partial charge in [0.25, 0.3) is 11.8 Å². The molecule has 0 nitrogen and oxygen atoms in total. The summed E-state index contributed by atoms with van der Waals surface area (Å²) in [7, 11) is 0. The average Bonchev–Trinajstić information content (AvgIpc) is 1.58. The quantitative estimate of drug-likeness (QED) is 0.567. The van der Waals surface area contributed by atoms with Crippen LogP contribution in [-0.2, 0) is 0 Å². The van der Waals surface area contributed by atoms with E-state index in [1.807, 2.05) is 0 Å². The predicted molar refractivity (Wildman–Crippen MR) is 30.8 cm³/mol. The molecule has 0 fully saturated rings. The maximum atomic E-state index is 12.6. The third-order valence-electron chi connectivity index (χ3n) is 1.65. The van der Waals surface area contributed by atoms with Gasteiger partial charge in [-0.05, 0) is 6.92 Å². The smallest absolute Gasteiger partial charge is 0.231 e. The highest BCUT2D eigenvalue weighted by Gasteiger charge is 2.61. The molecule has 0 N–H and O–H groups in total. The van der Waals surface area contributed by atoms with E-state index < -0.39 is 17.5 Å². The van der Waals surface area contributed by atoms with Gasteiger partial charge in [-0.25, -0.2) is 22.0 Å². The van der Waals surface area contributed by atoms with Crippen molar-refractivity contribution in [2.45, 2.75) is 38.3 Å². The molecule has 0 heterocycles. The van der Waals surface area contributed by atoms with Gasteiger partial charge < -0.3 is 0 Å². The summed E-state index contributed by atoms with van der Waals surface area (Å²) in [6.07, 6.45) is 0. The van der Waals surface area contributed by atoms with Crippen molar-refractivity contribution >= 4 is 0 Å². The molecule has 68 valence electrons. The van der Waals surface area contributed by atoms with Gasteiger partial charge in [0.05, 0.1) is 0 Å². The average molecular weight is 176 g/mol. The Bertz CT molecular complexity index is 122. The van der Waals surface area contributed by atoms with Crippen molar-refractivity contribution in [2.75, 3.05) is 0 Å². The second-order valence-corrected chi connectivity index (χ2v) is 2.78. The van der Waals surface area contributed by atoms with Gasteiger partial charge in [-0.15, -0.1) is 0 Å². The maximum Gasteiger partial charge on any atom is 0.284 e. The molecule has 0 aromatic heterocycles. The van der Waals surface area contributed by atoms with Crippen molar-refractivity contribution in [1.29, 1.82) is 0 Å². The van der Waals surface area contributed by atoms with E-state index in [0.717, 1.165) is 0 Å². The molecule has 0 amide bonds. The number of alkyl halides is 5. The van der Waals surface area contributed by atoms with Gasteiger partial charge in [-0.2, -0.15) is 0 Å². The largest absolute Gasteiger partial charge is 0.284 e. The molecule has 0 unspecified atom stereocenters. The summed E-state index contributed by atoms with van der Waals surface area (Å²) in [5.41, 5.74) is -3.79. The maximum absolute atomic E-state index is 12.6. The van der Waals surface area contributed by atoms with Crippen LogP contribution in [0.3, 0.4) is 0 Å². The number of rotatable bonds is 2. The van der Waals surface area contributed by atoms with Crippen molar-refractivity contribution < 1.29 is 22.0 Å². The first-order valence-electron chi connectivity index (χ1n) is 2.94. The zero-order chi connectivity index (χ0) is 9.50. The van der Waals surface area contributed by atoms with Gasteiger partial charge in [0, 0.05) is 13.8 Å². The monoisotopic (exact) mass is 176 g/mol. The van der Waals surface area contributed by atoms with Crippen molar-refractivity contribution in [3.8, 4) is 0 Å². The lowest BCUT2D eigenvalue weighted by atomic mass is 9.95. The van der Waals surface area contributed by atoms with Crippen molar-refractivity contribution in [2.24, 2.45) is 0 Å². The SMILES string of the molecule is CC(F)(F)C(C)(F)C(C)(F)F. The minimum absolute atomic E-state index is 0.129. The van der Waals surface area contributed by atoms with Crippen LogP contribution in [0.15, 0.2) is 0 Å². The van der Waals surface area contributed by atoms with Crippen LogP contribution in [0.4, 0.5) is 22.0 Å². The van der Waals surface area contributed by atoms with E-state index in [9.17, 15) is 22.0 Å². The Morgan fingerprint density at radius 3 is 0.818 bits per heavy atom. The van der Waals surface area contributed by atoms with E-state index in [4.69, 9.17) is 0 Å². The fourth-order valence-corrected chi connectivity index (χ4v) is 0.385. The molecule has 0 saturated heterocycles. The topological polar surface area (TPSA) is 0 Å². The summed E-state index contributed by atoms with van der Waals surface area (Å²) < 4.78 is 61.2. The lowest BCUT2D eigenvalue weighted by molar-refractivity contribution is -0.223. The molecule has 0 aliphatic rings. The molecular formula is C6H9F5. The van der Waals surface area contributed by atoms with E-state index in [-0.39, 0.29) is 20.8 Å². The van der Waals surface area contributed by atoms with E-state index in [0.29, 0.717) is 0 Å². The summed E-state index contributed by atoms with van der Waals surface area (Å²) in [6.45, 7) is 0.446. The molecule has 0 aromatic rings. The van der Waals surface area contributed by atoms with Crippen molar-refractivity contribution in [1.82, 2.24) is 0 Å². The Morgan fingerprint density at radius 1 is 0.636 bits per heavy atom. The van der Waals surface area contributed by atoms with E-state index in [1.165, 1.54) is 0 Å². The Hall–Kier alpha value is -0.350. The molecule has 0 atom stereocenters. The summed E-state index contributed by atoms with van der Waals surface area (Å²) in [4.78, 5) is 0. The number of halogens is 5. The normalized spacial score (nSPS) is 15.3. The van der Waals surface area contributed by atoms with Gasteiger partial charge in [0.15, 0.2) is 0 Å². The fourth-order valence-electron chi connectivity index (χ4n) is 0.385. The molecular weight excluding hydrogens is 167 g/mol. The first-order valence-corrected chi connectivity index (χ1v) is 2.94. The zero-order valence-corrected chi connectivity index (χ0v) is 6.39. The number of hydrogen-bond acceptors (Lipinski definition) is 0. The molecule has 0 aliphatic heterocycles. The molecule has 0 aliphatic carbocycles. The molecule has 0 radical (unpaired) electrons. The summed E-state index contributed by atoms with van der Waals surface area (Å²) in [5.74, 6) is -8.07. The van der Waals surface area contributed by atoms with Crippen molar-refractivity contribution in [3.05, 3.63) is 0 Å². The van der Waals surface area contributed by atoms with Crippen LogP contribution >= 0.6 is 0 Å². The summed E-state index contributed by atoms with van der Waals surface area (Å²) >= 11 is 0. The molecule has 11 heavy (non-hydrogen) atoms. The summed E-state index contributed by atoms with van der Waals surface area (Å²) in [5, 5.41) is 0. The van der Waals surface area contributed by atoms with Gasteiger partial charge in [0.1, 0.15) is 0 Å². The van der Waals surface area contributed by atoms with Crippen LogP contribution < -0.4 is 0 Å². The van der Waals surface area contributed by atoms with Crippen LogP contribution in [-0.4, -0.2) is 17.5 Å².